The molecule has 3 aromatic rings. The third-order valence-corrected chi connectivity index (χ3v) is 5.97. The molecule has 1 aliphatic rings. The summed E-state index contributed by atoms with van der Waals surface area (Å²) in [4.78, 5) is 44.6. The van der Waals surface area contributed by atoms with Crippen LogP contribution < -0.4 is 10.9 Å². The van der Waals surface area contributed by atoms with Gasteiger partial charge < -0.3 is 10.1 Å². The highest BCUT2D eigenvalue weighted by Gasteiger charge is 2.42. The van der Waals surface area contributed by atoms with Gasteiger partial charge in [-0.25, -0.2) is 9.78 Å². The van der Waals surface area contributed by atoms with Gasteiger partial charge in [-0.15, -0.1) is 0 Å². The lowest BCUT2D eigenvalue weighted by Gasteiger charge is -2.29. The number of halogens is 3. The van der Waals surface area contributed by atoms with Crippen molar-refractivity contribution in [3.05, 3.63) is 69.7 Å². The molecule has 1 N–H and O–H groups in total. The fourth-order valence-corrected chi connectivity index (χ4v) is 4.48. The van der Waals surface area contributed by atoms with E-state index in [9.17, 15) is 23.2 Å². The molecule has 2 unspecified atom stereocenters. The van der Waals surface area contributed by atoms with E-state index in [-0.39, 0.29) is 29.2 Å². The van der Waals surface area contributed by atoms with Crippen molar-refractivity contribution >= 4 is 34.5 Å². The lowest BCUT2D eigenvalue weighted by atomic mass is 10.1. The van der Waals surface area contributed by atoms with E-state index in [1.54, 1.807) is 69.3 Å². The molecule has 2 heterocycles. The minimum absolute atomic E-state index is 0.0447. The molecular formula is C25H25ClF2N4O4. The van der Waals surface area contributed by atoms with Gasteiger partial charge in [0.2, 0.25) is 0 Å². The van der Waals surface area contributed by atoms with E-state index in [2.05, 4.69) is 5.32 Å². The smallest absolute Gasteiger partial charge is 0.410 e. The van der Waals surface area contributed by atoms with Gasteiger partial charge in [0.25, 0.3) is 11.5 Å². The molecule has 190 valence electrons. The van der Waals surface area contributed by atoms with Crippen LogP contribution in [0.25, 0.3) is 16.6 Å². The number of amides is 2. The second-order valence-electron chi connectivity index (χ2n) is 9.47. The first kappa shape index (κ1) is 25.6. The summed E-state index contributed by atoms with van der Waals surface area (Å²) in [5.74, 6) is -1.25. The first-order valence-electron chi connectivity index (χ1n) is 11.3. The summed E-state index contributed by atoms with van der Waals surface area (Å²) in [7, 11) is 0. The molecule has 0 saturated carbocycles. The lowest BCUT2D eigenvalue weighted by Crippen LogP contribution is -2.42. The number of nitrogens with zero attached hydrogens (tertiary/aromatic N) is 3. The van der Waals surface area contributed by atoms with Crippen LogP contribution in [0, 0.1) is 0 Å². The first-order valence-corrected chi connectivity index (χ1v) is 11.7. The molecule has 2 amide bonds. The van der Waals surface area contributed by atoms with Crippen LogP contribution in [-0.4, -0.2) is 51.1 Å². The predicted molar refractivity (Wildman–Crippen MR) is 131 cm³/mol. The number of fused-ring (bicyclic) bond motifs is 1. The minimum atomic E-state index is -3.21. The van der Waals surface area contributed by atoms with Crippen LogP contribution >= 0.6 is 11.6 Å². The maximum absolute atomic E-state index is 13.7. The number of aromatic nitrogens is 2. The number of carbonyl (C=O) groups is 2. The van der Waals surface area contributed by atoms with E-state index in [1.165, 1.54) is 9.47 Å². The molecule has 2 atom stereocenters. The van der Waals surface area contributed by atoms with E-state index in [1.807, 2.05) is 0 Å². The Hall–Kier alpha value is -3.53. The summed E-state index contributed by atoms with van der Waals surface area (Å²) in [6, 6.07) is 11.9. The highest BCUT2D eigenvalue weighted by atomic mass is 35.5. The molecule has 0 aliphatic carbocycles. The number of hydrogen-bond acceptors (Lipinski definition) is 5. The maximum Gasteiger partial charge on any atom is 0.410 e. The summed E-state index contributed by atoms with van der Waals surface area (Å²) in [6.45, 7) is 4.99. The van der Waals surface area contributed by atoms with Crippen LogP contribution in [0.2, 0.25) is 5.02 Å². The highest BCUT2D eigenvalue weighted by Crippen LogP contribution is 2.34. The van der Waals surface area contributed by atoms with E-state index >= 15 is 0 Å². The zero-order valence-electron chi connectivity index (χ0n) is 19.9. The molecule has 0 radical (unpaired) electrons. The minimum Gasteiger partial charge on any atom is -0.444 e. The monoisotopic (exact) mass is 518 g/mol. The number of alkyl halides is 2. The lowest BCUT2D eigenvalue weighted by molar-refractivity contribution is -0.132. The van der Waals surface area contributed by atoms with Crippen LogP contribution in [0.4, 0.5) is 13.6 Å². The Morgan fingerprint density at radius 2 is 1.83 bits per heavy atom. The van der Waals surface area contributed by atoms with Crippen LogP contribution in [0.5, 0.6) is 0 Å². The number of hydrogen-bond donors (Lipinski definition) is 1. The van der Waals surface area contributed by atoms with Crippen molar-refractivity contribution in [1.82, 2.24) is 19.8 Å². The largest absolute Gasteiger partial charge is 0.444 e. The first-order chi connectivity index (χ1) is 17.0. The van der Waals surface area contributed by atoms with E-state index in [4.69, 9.17) is 21.3 Å². The molecule has 1 aromatic heterocycles. The van der Waals surface area contributed by atoms with Gasteiger partial charge in [0.1, 0.15) is 11.4 Å². The van der Waals surface area contributed by atoms with E-state index < -0.39 is 41.7 Å². The average Bonchev–Trinajstić information content (AvgIpc) is 3.22. The predicted octanol–water partition coefficient (Wildman–Crippen LogP) is 4.47. The van der Waals surface area contributed by atoms with Gasteiger partial charge in [-0.3, -0.25) is 19.1 Å². The van der Waals surface area contributed by atoms with Crippen molar-refractivity contribution in [1.29, 1.82) is 0 Å². The van der Waals surface area contributed by atoms with Gasteiger partial charge in [-0.05, 0) is 51.5 Å². The second kappa shape index (κ2) is 9.85. The van der Waals surface area contributed by atoms with Crippen molar-refractivity contribution in [2.45, 2.75) is 51.3 Å². The van der Waals surface area contributed by atoms with Gasteiger partial charge in [0, 0.05) is 12.6 Å². The van der Waals surface area contributed by atoms with Crippen molar-refractivity contribution in [2.24, 2.45) is 0 Å². The van der Waals surface area contributed by atoms with Crippen LogP contribution in [0.15, 0.2) is 53.3 Å². The highest BCUT2D eigenvalue weighted by molar-refractivity contribution is 6.35. The summed E-state index contributed by atoms with van der Waals surface area (Å²) in [6.07, 6.45) is -3.88. The fraction of sp³-hybridized carbons (Fsp3) is 0.360. The quantitative estimate of drug-likeness (QED) is 0.550. The normalized spacial score (nSPS) is 18.0. The van der Waals surface area contributed by atoms with Gasteiger partial charge in [0.15, 0.2) is 0 Å². The Bertz CT molecular complexity index is 1360. The van der Waals surface area contributed by atoms with Crippen LogP contribution in [0.3, 0.4) is 0 Å². The number of likely N-dealkylation sites (tertiary alicyclic amines) is 1. The van der Waals surface area contributed by atoms with Crippen LogP contribution in [0.1, 0.15) is 39.1 Å². The van der Waals surface area contributed by atoms with Crippen molar-refractivity contribution < 1.29 is 23.1 Å². The third-order valence-electron chi connectivity index (χ3n) is 5.66. The molecule has 0 spiro atoms. The number of ether oxygens (including phenoxy) is 1. The van der Waals surface area contributed by atoms with Crippen molar-refractivity contribution in [3.63, 3.8) is 0 Å². The molecule has 1 aliphatic heterocycles. The van der Waals surface area contributed by atoms with Crippen molar-refractivity contribution in [3.8, 4) is 5.69 Å². The number of nitrogens with one attached hydrogen (secondary N) is 1. The maximum atomic E-state index is 13.7. The third kappa shape index (κ3) is 5.18. The van der Waals surface area contributed by atoms with Crippen molar-refractivity contribution in [2.75, 3.05) is 6.54 Å². The molecule has 0 bridgehead atoms. The van der Waals surface area contributed by atoms with Gasteiger partial charge >= 0.3 is 12.5 Å². The molecule has 2 aromatic carbocycles. The van der Waals surface area contributed by atoms with Gasteiger partial charge in [-0.2, -0.15) is 8.78 Å². The summed E-state index contributed by atoms with van der Waals surface area (Å²) in [5, 5.41) is 2.70. The standard InChI is InChI=1S/C25H25ClF2N4O4/c1-25(2,3)36-24(35)31-13-14(29-22(33)20(27)28)12-18(31)21-30-17-11-7-10-16(26)19(17)23(34)32(21)15-8-5-4-6-9-15/h4-11,14,18,20H,12-13H2,1-3H3,(H,29,33). The molecule has 11 heteroatoms. The fourth-order valence-electron chi connectivity index (χ4n) is 4.23. The molecule has 8 nitrogen and oxygen atoms in total. The van der Waals surface area contributed by atoms with Gasteiger partial charge in [-0.1, -0.05) is 35.9 Å². The number of rotatable bonds is 4. The number of benzene rings is 2. The Morgan fingerprint density at radius 1 is 1.14 bits per heavy atom. The van der Waals surface area contributed by atoms with E-state index in [0.29, 0.717) is 11.2 Å². The van der Waals surface area contributed by atoms with E-state index in [0.717, 1.165) is 0 Å². The Balaban J connectivity index is 1.89. The van der Waals surface area contributed by atoms with Crippen LogP contribution in [-0.2, 0) is 9.53 Å². The zero-order chi connectivity index (χ0) is 26.2. The number of para-hydroxylation sites is 1. The average molecular weight is 519 g/mol. The summed E-state index contributed by atoms with van der Waals surface area (Å²) in [5.41, 5.74) is -0.485. The molecule has 1 fully saturated rings. The molecule has 36 heavy (non-hydrogen) atoms. The molecule has 4 rings (SSSR count). The molecule has 1 saturated heterocycles. The zero-order valence-corrected chi connectivity index (χ0v) is 20.6. The summed E-state index contributed by atoms with van der Waals surface area (Å²) < 4.78 is 32.8. The Morgan fingerprint density at radius 3 is 2.47 bits per heavy atom. The topological polar surface area (TPSA) is 93.5 Å². The Kier molecular flexibility index (Phi) is 6.99. The SMILES string of the molecule is CC(C)(C)OC(=O)N1CC(NC(=O)C(F)F)CC1c1nc2cccc(Cl)c2c(=O)n1-c1ccccc1. The molecular weight excluding hydrogens is 494 g/mol. The summed E-state index contributed by atoms with van der Waals surface area (Å²) >= 11 is 6.34. The van der Waals surface area contributed by atoms with Gasteiger partial charge in [0.05, 0.1) is 27.7 Å². The Labute approximate surface area is 210 Å². The number of carbonyl (C=O) groups excluding carboxylic acids is 2. The second-order valence-corrected chi connectivity index (χ2v) is 9.88.